The molecule has 2 aromatic rings. The Morgan fingerprint density at radius 2 is 1.61 bits per heavy atom. The molecule has 0 aliphatic carbocycles. The zero-order valence-corrected chi connectivity index (χ0v) is 15.0. The molecule has 0 saturated carbocycles. The lowest BCUT2D eigenvalue weighted by Crippen LogP contribution is -2.36. The fourth-order valence-corrected chi connectivity index (χ4v) is 2.63. The van der Waals surface area contributed by atoms with Gasteiger partial charge < -0.3 is 10.2 Å². The Labute approximate surface area is 144 Å². The molecule has 0 spiro atoms. The first-order valence-electron chi connectivity index (χ1n) is 7.27. The van der Waals surface area contributed by atoms with Gasteiger partial charge in [-0.25, -0.2) is 0 Å². The molecule has 0 saturated heterocycles. The summed E-state index contributed by atoms with van der Waals surface area (Å²) in [4.78, 5) is 25.7. The fraction of sp³-hybridized carbons (Fsp3) is 0.222. The summed E-state index contributed by atoms with van der Waals surface area (Å²) in [7, 11) is 0. The van der Waals surface area contributed by atoms with Crippen molar-refractivity contribution in [3.63, 3.8) is 0 Å². The van der Waals surface area contributed by atoms with Crippen molar-refractivity contribution >= 4 is 39.1 Å². The van der Waals surface area contributed by atoms with E-state index in [0.29, 0.717) is 5.69 Å². The van der Waals surface area contributed by atoms with Crippen molar-refractivity contribution in [1.29, 1.82) is 0 Å². The molecule has 5 heteroatoms. The van der Waals surface area contributed by atoms with E-state index in [1.54, 1.807) is 12.1 Å². The normalized spacial score (nSPS) is 10.3. The molecular formula is C18H19BrN2O2. The highest BCUT2D eigenvalue weighted by molar-refractivity contribution is 9.10. The van der Waals surface area contributed by atoms with Crippen LogP contribution in [-0.4, -0.2) is 18.4 Å². The number of hydrogen-bond donors (Lipinski definition) is 1. The average Bonchev–Trinajstić information content (AvgIpc) is 2.46. The van der Waals surface area contributed by atoms with Crippen molar-refractivity contribution in [2.45, 2.75) is 20.8 Å². The van der Waals surface area contributed by atoms with Crippen LogP contribution in [0, 0.1) is 13.8 Å². The monoisotopic (exact) mass is 374 g/mol. The number of carbonyl (C=O) groups is 2. The molecule has 4 nitrogen and oxygen atoms in total. The van der Waals surface area contributed by atoms with Gasteiger partial charge in [-0.05, 0) is 61.4 Å². The maximum absolute atomic E-state index is 12.2. The predicted molar refractivity (Wildman–Crippen MR) is 96.7 cm³/mol. The number of nitrogens with one attached hydrogen (secondary N) is 1. The molecule has 0 heterocycles. The first-order chi connectivity index (χ1) is 10.8. The molecule has 0 radical (unpaired) electrons. The topological polar surface area (TPSA) is 49.4 Å². The van der Waals surface area contributed by atoms with Gasteiger partial charge in [0.2, 0.25) is 11.8 Å². The number of nitrogens with zero attached hydrogens (tertiary/aromatic N) is 1. The van der Waals surface area contributed by atoms with E-state index in [1.807, 2.05) is 44.2 Å². The third kappa shape index (κ3) is 4.93. The molecule has 2 rings (SSSR count). The van der Waals surface area contributed by atoms with E-state index in [0.717, 1.165) is 21.3 Å². The zero-order valence-electron chi connectivity index (χ0n) is 13.4. The van der Waals surface area contributed by atoms with Crippen LogP contribution in [0.1, 0.15) is 18.1 Å². The van der Waals surface area contributed by atoms with Crippen LogP contribution in [0.3, 0.4) is 0 Å². The Morgan fingerprint density at radius 3 is 2.13 bits per heavy atom. The first kappa shape index (κ1) is 17.2. The summed E-state index contributed by atoms with van der Waals surface area (Å²) >= 11 is 3.35. The number of amides is 2. The van der Waals surface area contributed by atoms with E-state index in [2.05, 4.69) is 21.2 Å². The maximum Gasteiger partial charge on any atom is 0.244 e. The molecule has 2 amide bonds. The number of halogens is 1. The van der Waals surface area contributed by atoms with E-state index in [1.165, 1.54) is 11.8 Å². The number of benzene rings is 2. The smallest absolute Gasteiger partial charge is 0.244 e. The van der Waals surface area contributed by atoms with Crippen LogP contribution >= 0.6 is 15.9 Å². The number of rotatable bonds is 4. The fourth-order valence-electron chi connectivity index (χ4n) is 2.37. The summed E-state index contributed by atoms with van der Waals surface area (Å²) in [6, 6.07) is 13.1. The summed E-state index contributed by atoms with van der Waals surface area (Å²) in [5.41, 5.74) is 3.54. The zero-order chi connectivity index (χ0) is 17.0. The quantitative estimate of drug-likeness (QED) is 0.876. The van der Waals surface area contributed by atoms with Crippen LogP contribution in [0.15, 0.2) is 46.9 Å². The molecule has 0 aromatic heterocycles. The van der Waals surface area contributed by atoms with Crippen LogP contribution in [-0.2, 0) is 9.59 Å². The second-order valence-electron chi connectivity index (χ2n) is 5.51. The third-order valence-corrected chi connectivity index (χ3v) is 3.86. The van der Waals surface area contributed by atoms with Gasteiger partial charge in [-0.1, -0.05) is 22.0 Å². The lowest BCUT2D eigenvalue weighted by atomic mass is 10.1. The minimum Gasteiger partial charge on any atom is -0.325 e. The molecule has 1 N–H and O–H groups in total. The Bertz CT molecular complexity index is 706. The minimum atomic E-state index is -0.235. The number of aryl methyl sites for hydroxylation is 2. The van der Waals surface area contributed by atoms with Gasteiger partial charge in [-0.15, -0.1) is 0 Å². The summed E-state index contributed by atoms with van der Waals surface area (Å²) in [6.07, 6.45) is 0. The van der Waals surface area contributed by atoms with E-state index in [-0.39, 0.29) is 18.4 Å². The lowest BCUT2D eigenvalue weighted by molar-refractivity contribution is -0.120. The molecule has 0 unspecified atom stereocenters. The van der Waals surface area contributed by atoms with Gasteiger partial charge in [0.05, 0.1) is 0 Å². The highest BCUT2D eigenvalue weighted by Gasteiger charge is 2.16. The summed E-state index contributed by atoms with van der Waals surface area (Å²) < 4.78 is 0.941. The van der Waals surface area contributed by atoms with E-state index < -0.39 is 0 Å². The molecule has 2 aromatic carbocycles. The standard InChI is InChI=1S/C18H19BrN2O2/c1-12-8-13(2)10-17(9-12)21(14(3)22)11-18(23)20-16-6-4-15(19)5-7-16/h4-10H,11H2,1-3H3,(H,20,23). The summed E-state index contributed by atoms with van der Waals surface area (Å²) in [6.45, 7) is 5.38. The summed E-state index contributed by atoms with van der Waals surface area (Å²) in [5, 5.41) is 2.80. The lowest BCUT2D eigenvalue weighted by Gasteiger charge is -2.21. The molecule has 0 atom stereocenters. The highest BCUT2D eigenvalue weighted by Crippen LogP contribution is 2.19. The number of hydrogen-bond acceptors (Lipinski definition) is 2. The molecule has 0 fully saturated rings. The van der Waals surface area contributed by atoms with Gasteiger partial charge >= 0.3 is 0 Å². The van der Waals surface area contributed by atoms with Gasteiger partial charge in [0.1, 0.15) is 6.54 Å². The average molecular weight is 375 g/mol. The van der Waals surface area contributed by atoms with Crippen LogP contribution in [0.2, 0.25) is 0 Å². The van der Waals surface area contributed by atoms with Crippen LogP contribution in [0.4, 0.5) is 11.4 Å². The van der Waals surface area contributed by atoms with Crippen LogP contribution in [0.25, 0.3) is 0 Å². The Kier molecular flexibility index (Phi) is 5.55. The van der Waals surface area contributed by atoms with Crippen molar-refractivity contribution in [3.05, 3.63) is 58.1 Å². The van der Waals surface area contributed by atoms with Crippen LogP contribution < -0.4 is 10.2 Å². The molecular weight excluding hydrogens is 356 g/mol. The SMILES string of the molecule is CC(=O)N(CC(=O)Nc1ccc(Br)cc1)c1cc(C)cc(C)c1. The minimum absolute atomic E-state index is 0.0196. The van der Waals surface area contributed by atoms with Crippen molar-refractivity contribution < 1.29 is 9.59 Å². The second kappa shape index (κ2) is 7.42. The van der Waals surface area contributed by atoms with Gasteiger partial charge in [0.25, 0.3) is 0 Å². The van der Waals surface area contributed by atoms with Gasteiger partial charge in [-0.3, -0.25) is 9.59 Å². The van der Waals surface area contributed by atoms with Crippen molar-refractivity contribution in [3.8, 4) is 0 Å². The molecule has 23 heavy (non-hydrogen) atoms. The van der Waals surface area contributed by atoms with Crippen molar-refractivity contribution in [1.82, 2.24) is 0 Å². The number of carbonyl (C=O) groups excluding carboxylic acids is 2. The third-order valence-electron chi connectivity index (χ3n) is 3.33. The predicted octanol–water partition coefficient (Wildman–Crippen LogP) is 4.06. The van der Waals surface area contributed by atoms with E-state index >= 15 is 0 Å². The largest absolute Gasteiger partial charge is 0.325 e. The summed E-state index contributed by atoms with van der Waals surface area (Å²) in [5.74, 6) is -0.400. The Balaban J connectivity index is 2.14. The van der Waals surface area contributed by atoms with Gasteiger partial charge in [0.15, 0.2) is 0 Å². The second-order valence-corrected chi connectivity index (χ2v) is 6.42. The van der Waals surface area contributed by atoms with Gasteiger partial charge in [-0.2, -0.15) is 0 Å². The number of anilines is 2. The van der Waals surface area contributed by atoms with Gasteiger partial charge in [0, 0.05) is 22.8 Å². The molecule has 120 valence electrons. The molecule has 0 aliphatic rings. The Hall–Kier alpha value is -2.14. The van der Waals surface area contributed by atoms with Crippen molar-refractivity contribution in [2.75, 3.05) is 16.8 Å². The van der Waals surface area contributed by atoms with E-state index in [4.69, 9.17) is 0 Å². The Morgan fingerprint density at radius 1 is 1.04 bits per heavy atom. The highest BCUT2D eigenvalue weighted by atomic mass is 79.9. The maximum atomic E-state index is 12.2. The van der Waals surface area contributed by atoms with Crippen molar-refractivity contribution in [2.24, 2.45) is 0 Å². The molecule has 0 bridgehead atoms. The van der Waals surface area contributed by atoms with E-state index in [9.17, 15) is 9.59 Å². The first-order valence-corrected chi connectivity index (χ1v) is 8.06. The van der Waals surface area contributed by atoms with Crippen LogP contribution in [0.5, 0.6) is 0 Å². The molecule has 0 aliphatic heterocycles.